The van der Waals surface area contributed by atoms with Gasteiger partial charge in [-0.1, -0.05) is 18.5 Å². The van der Waals surface area contributed by atoms with Gasteiger partial charge >= 0.3 is 0 Å². The van der Waals surface area contributed by atoms with Gasteiger partial charge in [-0.05, 0) is 49.8 Å². The Morgan fingerprint density at radius 1 is 1.32 bits per heavy atom. The van der Waals surface area contributed by atoms with E-state index in [1.165, 1.54) is 6.07 Å². The van der Waals surface area contributed by atoms with E-state index in [0.717, 1.165) is 31.6 Å². The number of aromatic hydroxyl groups is 1. The first kappa shape index (κ1) is 14.2. The van der Waals surface area contributed by atoms with Gasteiger partial charge in [-0.2, -0.15) is 0 Å². The van der Waals surface area contributed by atoms with E-state index in [-0.39, 0.29) is 17.7 Å². The van der Waals surface area contributed by atoms with Gasteiger partial charge in [0.25, 0.3) is 5.91 Å². The summed E-state index contributed by atoms with van der Waals surface area (Å²) in [5, 5.41) is 10.3. The molecule has 1 saturated carbocycles. The summed E-state index contributed by atoms with van der Waals surface area (Å²) < 4.78 is 0. The predicted molar refractivity (Wildman–Crippen MR) is 76.6 cm³/mol. The number of phenols is 1. The molecule has 3 nitrogen and oxygen atoms in total. The number of amides is 1. The minimum Gasteiger partial charge on any atom is -0.507 e. The molecule has 1 amide bonds. The summed E-state index contributed by atoms with van der Waals surface area (Å²) in [5.74, 6) is 0.575. The van der Waals surface area contributed by atoms with Crippen molar-refractivity contribution in [1.82, 2.24) is 4.90 Å². The van der Waals surface area contributed by atoms with Crippen molar-refractivity contribution in [3.05, 3.63) is 28.8 Å². The van der Waals surface area contributed by atoms with Crippen molar-refractivity contribution in [2.24, 2.45) is 5.92 Å². The molecule has 0 bridgehead atoms. The van der Waals surface area contributed by atoms with Gasteiger partial charge in [0.05, 0.1) is 5.56 Å². The molecule has 104 valence electrons. The first-order chi connectivity index (χ1) is 8.99. The first-order valence-corrected chi connectivity index (χ1v) is 7.12. The molecule has 0 heterocycles. The molecule has 1 aliphatic carbocycles. The van der Waals surface area contributed by atoms with Crippen molar-refractivity contribution in [2.45, 2.75) is 38.6 Å². The summed E-state index contributed by atoms with van der Waals surface area (Å²) in [6.45, 7) is 2.25. The minimum atomic E-state index is -0.131. The highest BCUT2D eigenvalue weighted by Gasteiger charge is 2.26. The maximum absolute atomic E-state index is 12.4. The molecule has 1 aromatic carbocycles. The number of phenolic OH excluding ortho intramolecular Hbond substituents is 1. The molecule has 19 heavy (non-hydrogen) atoms. The Labute approximate surface area is 119 Å². The van der Waals surface area contributed by atoms with Gasteiger partial charge in [-0.15, -0.1) is 0 Å². The average molecular weight is 282 g/mol. The maximum Gasteiger partial charge on any atom is 0.257 e. The van der Waals surface area contributed by atoms with Gasteiger partial charge < -0.3 is 10.0 Å². The van der Waals surface area contributed by atoms with Crippen LogP contribution in [-0.4, -0.2) is 29.0 Å². The number of hydrogen-bond acceptors (Lipinski definition) is 2. The summed E-state index contributed by atoms with van der Waals surface area (Å²) in [7, 11) is 1.82. The molecule has 2 rings (SSSR count). The molecule has 0 saturated heterocycles. The molecule has 4 heteroatoms. The molecule has 0 unspecified atom stereocenters. The van der Waals surface area contributed by atoms with Crippen LogP contribution < -0.4 is 0 Å². The lowest BCUT2D eigenvalue weighted by Crippen LogP contribution is -2.39. The first-order valence-electron chi connectivity index (χ1n) is 6.74. The van der Waals surface area contributed by atoms with Crippen LogP contribution in [0.2, 0.25) is 5.02 Å². The highest BCUT2D eigenvalue weighted by atomic mass is 35.5. The zero-order valence-electron chi connectivity index (χ0n) is 11.4. The van der Waals surface area contributed by atoms with Gasteiger partial charge in [0, 0.05) is 18.1 Å². The van der Waals surface area contributed by atoms with Gasteiger partial charge in [0.2, 0.25) is 0 Å². The number of carbonyl (C=O) groups excluding carboxylic acids is 1. The zero-order chi connectivity index (χ0) is 14.0. The fourth-order valence-corrected chi connectivity index (χ4v) is 2.84. The van der Waals surface area contributed by atoms with E-state index in [1.54, 1.807) is 17.0 Å². The second-order valence-corrected chi connectivity index (χ2v) is 5.93. The molecule has 0 spiro atoms. The van der Waals surface area contributed by atoms with Crippen molar-refractivity contribution in [3.8, 4) is 5.75 Å². The quantitative estimate of drug-likeness (QED) is 0.898. The van der Waals surface area contributed by atoms with Crippen molar-refractivity contribution in [3.63, 3.8) is 0 Å². The topological polar surface area (TPSA) is 40.5 Å². The summed E-state index contributed by atoms with van der Waals surface area (Å²) in [5.41, 5.74) is 0.325. The van der Waals surface area contributed by atoms with Crippen molar-refractivity contribution >= 4 is 17.5 Å². The van der Waals surface area contributed by atoms with Crippen LogP contribution in [0.25, 0.3) is 0 Å². The number of rotatable bonds is 2. The number of hydrogen-bond donors (Lipinski definition) is 1. The average Bonchev–Trinajstić information content (AvgIpc) is 2.38. The zero-order valence-corrected chi connectivity index (χ0v) is 12.2. The molecular weight excluding hydrogens is 262 g/mol. The predicted octanol–water partition coefficient (Wildman–Crippen LogP) is 3.70. The smallest absolute Gasteiger partial charge is 0.257 e. The van der Waals surface area contributed by atoms with Crippen LogP contribution in [0.3, 0.4) is 0 Å². The summed E-state index contributed by atoms with van der Waals surface area (Å²) in [6, 6.07) is 4.90. The summed E-state index contributed by atoms with van der Waals surface area (Å²) in [6.07, 6.45) is 4.40. The number of carbonyl (C=O) groups is 1. The van der Waals surface area contributed by atoms with Crippen LogP contribution >= 0.6 is 11.6 Å². The van der Waals surface area contributed by atoms with E-state index in [4.69, 9.17) is 11.6 Å². The third kappa shape index (κ3) is 3.21. The molecule has 1 aromatic rings. The number of halogens is 1. The third-order valence-corrected chi connectivity index (χ3v) is 4.28. The van der Waals surface area contributed by atoms with Crippen molar-refractivity contribution < 1.29 is 9.90 Å². The lowest BCUT2D eigenvalue weighted by Gasteiger charge is -2.33. The highest BCUT2D eigenvalue weighted by Crippen LogP contribution is 2.29. The molecule has 1 N–H and O–H groups in total. The van der Waals surface area contributed by atoms with E-state index in [0.29, 0.717) is 10.6 Å². The van der Waals surface area contributed by atoms with Gasteiger partial charge in [0.15, 0.2) is 0 Å². The Morgan fingerprint density at radius 2 is 1.95 bits per heavy atom. The van der Waals surface area contributed by atoms with E-state index < -0.39 is 0 Å². The fraction of sp³-hybridized carbons (Fsp3) is 0.533. The maximum atomic E-state index is 12.4. The number of nitrogens with zero attached hydrogens (tertiary/aromatic N) is 1. The molecule has 0 radical (unpaired) electrons. The molecule has 0 aromatic heterocycles. The van der Waals surface area contributed by atoms with Crippen LogP contribution in [0.15, 0.2) is 18.2 Å². The highest BCUT2D eigenvalue weighted by molar-refractivity contribution is 6.30. The van der Waals surface area contributed by atoms with E-state index in [1.807, 2.05) is 7.05 Å². The van der Waals surface area contributed by atoms with E-state index in [9.17, 15) is 9.90 Å². The second kappa shape index (κ2) is 5.83. The third-order valence-electron chi connectivity index (χ3n) is 4.04. The fourth-order valence-electron chi connectivity index (χ4n) is 2.67. The van der Waals surface area contributed by atoms with Crippen LogP contribution in [-0.2, 0) is 0 Å². The van der Waals surface area contributed by atoms with Gasteiger partial charge in [-0.3, -0.25) is 4.79 Å². The van der Waals surface area contributed by atoms with Crippen molar-refractivity contribution in [1.29, 1.82) is 0 Å². The van der Waals surface area contributed by atoms with Crippen LogP contribution in [0.4, 0.5) is 0 Å². The van der Waals surface area contributed by atoms with Gasteiger partial charge in [-0.25, -0.2) is 0 Å². The lowest BCUT2D eigenvalue weighted by molar-refractivity contribution is 0.0676. The minimum absolute atomic E-state index is 0.0477. The second-order valence-electron chi connectivity index (χ2n) is 5.49. The SMILES string of the molecule is CC1CCC(N(C)C(=O)c2ccc(Cl)cc2O)CC1. The van der Waals surface area contributed by atoms with E-state index >= 15 is 0 Å². The Kier molecular flexibility index (Phi) is 4.35. The molecule has 1 aliphatic rings. The molecule has 0 aliphatic heterocycles. The molecule has 0 atom stereocenters. The molecular formula is C15H20ClNO2. The lowest BCUT2D eigenvalue weighted by atomic mass is 9.86. The summed E-state index contributed by atoms with van der Waals surface area (Å²) in [4.78, 5) is 14.1. The Morgan fingerprint density at radius 3 is 2.53 bits per heavy atom. The van der Waals surface area contributed by atoms with Crippen LogP contribution in [0.5, 0.6) is 5.75 Å². The normalized spacial score (nSPS) is 23.1. The Balaban J connectivity index is 2.10. The molecule has 1 fully saturated rings. The van der Waals surface area contributed by atoms with Crippen molar-refractivity contribution in [2.75, 3.05) is 7.05 Å². The van der Waals surface area contributed by atoms with Crippen LogP contribution in [0, 0.1) is 5.92 Å². The van der Waals surface area contributed by atoms with E-state index in [2.05, 4.69) is 6.92 Å². The largest absolute Gasteiger partial charge is 0.507 e. The van der Waals surface area contributed by atoms with Gasteiger partial charge in [0.1, 0.15) is 5.75 Å². The summed E-state index contributed by atoms with van der Waals surface area (Å²) >= 11 is 5.78. The monoisotopic (exact) mass is 281 g/mol. The van der Waals surface area contributed by atoms with Crippen LogP contribution in [0.1, 0.15) is 43.0 Å². The Bertz CT molecular complexity index is 467. The number of benzene rings is 1. The standard InChI is InChI=1S/C15H20ClNO2/c1-10-3-6-12(7-4-10)17(2)15(19)13-8-5-11(16)9-14(13)18/h5,8-10,12,18H,3-4,6-7H2,1-2H3. The Hall–Kier alpha value is -1.22.